The summed E-state index contributed by atoms with van der Waals surface area (Å²) in [4.78, 5) is 37.9. The van der Waals surface area contributed by atoms with Crippen LogP contribution >= 0.6 is 0 Å². The van der Waals surface area contributed by atoms with Crippen molar-refractivity contribution in [3.8, 4) is 0 Å². The highest BCUT2D eigenvalue weighted by atomic mass is 16.5. The third-order valence-corrected chi connectivity index (χ3v) is 3.71. The minimum atomic E-state index is -1.33. The van der Waals surface area contributed by atoms with E-state index < -0.39 is 29.6 Å². The van der Waals surface area contributed by atoms with E-state index in [1.54, 1.807) is 6.92 Å². The van der Waals surface area contributed by atoms with Gasteiger partial charge in [-0.15, -0.1) is 0 Å². The summed E-state index contributed by atoms with van der Waals surface area (Å²) >= 11 is 0. The number of carboxylic acids is 1. The maximum absolute atomic E-state index is 12.4. The van der Waals surface area contributed by atoms with Gasteiger partial charge < -0.3 is 19.6 Å². The van der Waals surface area contributed by atoms with Gasteiger partial charge >= 0.3 is 18.0 Å². The Kier molecular flexibility index (Phi) is 4.97. The molecule has 1 N–H and O–H groups in total. The molecule has 0 radical (unpaired) electrons. The zero-order valence-corrected chi connectivity index (χ0v) is 12.4. The zero-order chi connectivity index (χ0) is 15.5. The molecule has 0 aliphatic carbocycles. The number of amides is 2. The lowest BCUT2D eigenvalue weighted by molar-refractivity contribution is -0.148. The molecule has 0 aromatic carbocycles. The van der Waals surface area contributed by atoms with Gasteiger partial charge in [0.15, 0.2) is 0 Å². The lowest BCUT2D eigenvalue weighted by Crippen LogP contribution is -2.56. The summed E-state index contributed by atoms with van der Waals surface area (Å²) < 4.78 is 4.95. The highest BCUT2D eigenvalue weighted by molar-refractivity contribution is 5.88. The molecule has 1 aliphatic rings. The topological polar surface area (TPSA) is 87.2 Å². The average molecular weight is 286 g/mol. The second-order valence-corrected chi connectivity index (χ2v) is 5.31. The highest BCUT2D eigenvalue weighted by Crippen LogP contribution is 2.23. The molecule has 0 aromatic heterocycles. The lowest BCUT2D eigenvalue weighted by atomic mass is 10.0. The predicted molar refractivity (Wildman–Crippen MR) is 71.2 cm³/mol. The highest BCUT2D eigenvalue weighted by Gasteiger charge is 2.42. The number of aliphatic carboxylic acids is 1. The minimum Gasteiger partial charge on any atom is -0.480 e. The molecular formula is C13H22N2O5. The van der Waals surface area contributed by atoms with Crippen molar-refractivity contribution in [3.05, 3.63) is 0 Å². The van der Waals surface area contributed by atoms with Crippen molar-refractivity contribution in [3.63, 3.8) is 0 Å². The first-order chi connectivity index (χ1) is 9.23. The van der Waals surface area contributed by atoms with Gasteiger partial charge in [-0.2, -0.15) is 0 Å². The largest absolute Gasteiger partial charge is 0.480 e. The average Bonchev–Trinajstić information content (AvgIpc) is 2.86. The van der Waals surface area contributed by atoms with Gasteiger partial charge in [-0.1, -0.05) is 0 Å². The van der Waals surface area contributed by atoms with Crippen LogP contribution in [0.4, 0.5) is 4.79 Å². The van der Waals surface area contributed by atoms with Crippen LogP contribution in [0, 0.1) is 0 Å². The maximum atomic E-state index is 12.4. The molecule has 1 heterocycles. The predicted octanol–water partition coefficient (Wildman–Crippen LogP) is 0.929. The van der Waals surface area contributed by atoms with E-state index in [1.165, 1.54) is 25.8 Å². The molecule has 1 atom stereocenters. The number of carbonyl (C=O) groups excluding carboxylic acids is 2. The molecule has 1 unspecified atom stereocenters. The fraction of sp³-hybridized carbons (Fsp3) is 0.769. The fourth-order valence-electron chi connectivity index (χ4n) is 2.05. The van der Waals surface area contributed by atoms with Gasteiger partial charge in [0, 0.05) is 13.6 Å². The van der Waals surface area contributed by atoms with Crippen LogP contribution in [0.25, 0.3) is 0 Å². The Balaban J connectivity index is 2.85. The normalized spacial score (nSPS) is 18.8. The number of carbonyl (C=O) groups is 3. The van der Waals surface area contributed by atoms with E-state index in [2.05, 4.69) is 0 Å². The molecule has 7 heteroatoms. The number of ether oxygens (including phenoxy) is 1. The summed E-state index contributed by atoms with van der Waals surface area (Å²) in [6.45, 7) is 5.29. The van der Waals surface area contributed by atoms with Crippen LogP contribution in [-0.4, -0.2) is 64.7 Å². The zero-order valence-electron chi connectivity index (χ0n) is 12.4. The lowest BCUT2D eigenvalue weighted by Gasteiger charge is -2.36. The van der Waals surface area contributed by atoms with Crippen LogP contribution < -0.4 is 0 Å². The maximum Gasteiger partial charge on any atom is 0.329 e. The Hall–Kier alpha value is -1.79. The monoisotopic (exact) mass is 286 g/mol. The summed E-state index contributed by atoms with van der Waals surface area (Å²) in [5, 5.41) is 9.16. The van der Waals surface area contributed by atoms with Crippen molar-refractivity contribution >= 4 is 18.0 Å². The van der Waals surface area contributed by atoms with E-state index in [1.807, 2.05) is 0 Å². The fourth-order valence-corrected chi connectivity index (χ4v) is 2.05. The van der Waals surface area contributed by atoms with Crippen molar-refractivity contribution in [2.24, 2.45) is 0 Å². The number of esters is 1. The number of likely N-dealkylation sites (N-methyl/N-ethyl adjacent to an activating group) is 1. The summed E-state index contributed by atoms with van der Waals surface area (Å²) in [6.07, 6.45) is 1.25. The second kappa shape index (κ2) is 6.11. The van der Waals surface area contributed by atoms with Gasteiger partial charge in [-0.3, -0.25) is 0 Å². The Morgan fingerprint density at radius 1 is 1.40 bits per heavy atom. The molecule has 1 saturated heterocycles. The quantitative estimate of drug-likeness (QED) is 0.777. The molecule has 1 fully saturated rings. The molecule has 114 valence electrons. The molecule has 0 bridgehead atoms. The molecular weight excluding hydrogens is 264 g/mol. The number of urea groups is 1. The van der Waals surface area contributed by atoms with Gasteiger partial charge in [-0.25, -0.2) is 14.4 Å². The molecule has 0 aromatic rings. The smallest absolute Gasteiger partial charge is 0.329 e. The van der Waals surface area contributed by atoms with E-state index in [0.717, 1.165) is 4.90 Å². The standard InChI is InChI=1S/C13H22N2O5/c1-5-20-10(16)9-7-6-8-15(9)12(19)14(4)13(2,3)11(17)18/h9H,5-8H2,1-4H3,(H,17,18). The number of hydrogen-bond acceptors (Lipinski definition) is 4. The Morgan fingerprint density at radius 2 is 2.00 bits per heavy atom. The summed E-state index contributed by atoms with van der Waals surface area (Å²) in [7, 11) is 1.43. The van der Waals surface area contributed by atoms with E-state index in [-0.39, 0.29) is 6.61 Å². The SMILES string of the molecule is CCOC(=O)C1CCCN1C(=O)N(C)C(C)(C)C(=O)O. The number of carboxylic acid groups (broad SMARTS) is 1. The van der Waals surface area contributed by atoms with Crippen LogP contribution in [0.15, 0.2) is 0 Å². The molecule has 0 saturated carbocycles. The molecule has 1 aliphatic heterocycles. The van der Waals surface area contributed by atoms with Gasteiger partial charge in [0.2, 0.25) is 0 Å². The van der Waals surface area contributed by atoms with Crippen LogP contribution in [0.2, 0.25) is 0 Å². The first-order valence-corrected chi connectivity index (χ1v) is 6.68. The van der Waals surface area contributed by atoms with E-state index in [0.29, 0.717) is 19.4 Å². The van der Waals surface area contributed by atoms with Crippen molar-refractivity contribution in [1.82, 2.24) is 9.80 Å². The van der Waals surface area contributed by atoms with E-state index in [4.69, 9.17) is 9.84 Å². The van der Waals surface area contributed by atoms with Crippen molar-refractivity contribution in [2.45, 2.75) is 45.2 Å². The summed E-state index contributed by atoms with van der Waals surface area (Å²) in [5.41, 5.74) is -1.33. The van der Waals surface area contributed by atoms with E-state index in [9.17, 15) is 14.4 Å². The Morgan fingerprint density at radius 3 is 2.50 bits per heavy atom. The number of likely N-dealkylation sites (tertiary alicyclic amines) is 1. The van der Waals surface area contributed by atoms with Crippen molar-refractivity contribution in [1.29, 1.82) is 0 Å². The van der Waals surface area contributed by atoms with Gasteiger partial charge in [0.25, 0.3) is 0 Å². The molecule has 7 nitrogen and oxygen atoms in total. The first kappa shape index (κ1) is 16.3. The summed E-state index contributed by atoms with van der Waals surface area (Å²) in [5.74, 6) is -1.53. The van der Waals surface area contributed by atoms with Gasteiger partial charge in [-0.05, 0) is 33.6 Å². The first-order valence-electron chi connectivity index (χ1n) is 6.68. The second-order valence-electron chi connectivity index (χ2n) is 5.31. The Labute approximate surface area is 118 Å². The number of hydrogen-bond donors (Lipinski definition) is 1. The van der Waals surface area contributed by atoms with Crippen molar-refractivity contribution < 1.29 is 24.2 Å². The number of rotatable bonds is 4. The minimum absolute atomic E-state index is 0.258. The molecule has 2 amide bonds. The van der Waals surface area contributed by atoms with Crippen LogP contribution in [0.3, 0.4) is 0 Å². The van der Waals surface area contributed by atoms with Crippen LogP contribution in [-0.2, 0) is 14.3 Å². The third kappa shape index (κ3) is 3.02. The van der Waals surface area contributed by atoms with Gasteiger partial charge in [0.1, 0.15) is 11.6 Å². The van der Waals surface area contributed by atoms with Crippen LogP contribution in [0.1, 0.15) is 33.6 Å². The molecule has 1 rings (SSSR count). The van der Waals surface area contributed by atoms with Crippen LogP contribution in [0.5, 0.6) is 0 Å². The van der Waals surface area contributed by atoms with E-state index >= 15 is 0 Å². The number of nitrogens with zero attached hydrogens (tertiary/aromatic N) is 2. The third-order valence-electron chi connectivity index (χ3n) is 3.71. The molecule has 0 spiro atoms. The Bertz CT molecular complexity index is 408. The van der Waals surface area contributed by atoms with Gasteiger partial charge in [0.05, 0.1) is 6.61 Å². The van der Waals surface area contributed by atoms with Crippen molar-refractivity contribution in [2.75, 3.05) is 20.2 Å². The molecule has 20 heavy (non-hydrogen) atoms. The summed E-state index contributed by atoms with van der Waals surface area (Å²) in [6, 6.07) is -1.08.